The second-order valence-corrected chi connectivity index (χ2v) is 4.10. The summed E-state index contributed by atoms with van der Waals surface area (Å²) in [4.78, 5) is 0. The third kappa shape index (κ3) is 2.48. The normalized spacial score (nSPS) is 34.1. The molecule has 0 aromatic heterocycles. The molecule has 1 fully saturated rings. The highest BCUT2D eigenvalue weighted by Crippen LogP contribution is 2.30. The van der Waals surface area contributed by atoms with E-state index in [2.05, 4.69) is 13.8 Å². The van der Waals surface area contributed by atoms with E-state index in [0.29, 0.717) is 6.04 Å². The van der Waals surface area contributed by atoms with E-state index in [9.17, 15) is 0 Å². The van der Waals surface area contributed by atoms with Crippen LogP contribution in [-0.4, -0.2) is 6.04 Å². The quantitative estimate of drug-likeness (QED) is 0.666. The fourth-order valence-electron chi connectivity index (χ4n) is 2.04. The van der Waals surface area contributed by atoms with Gasteiger partial charge in [-0.15, -0.1) is 0 Å². The lowest BCUT2D eigenvalue weighted by molar-refractivity contribution is 0.361. The predicted molar refractivity (Wildman–Crippen MR) is 49.4 cm³/mol. The first kappa shape index (κ1) is 9.05. The van der Waals surface area contributed by atoms with Gasteiger partial charge in [-0.25, -0.2) is 0 Å². The maximum Gasteiger partial charge on any atom is 0.00672 e. The summed E-state index contributed by atoms with van der Waals surface area (Å²) < 4.78 is 0. The zero-order valence-corrected chi connectivity index (χ0v) is 7.84. The zero-order chi connectivity index (χ0) is 8.27. The second kappa shape index (κ2) is 4.10. The largest absolute Gasteiger partial charge is 0.327 e. The summed E-state index contributed by atoms with van der Waals surface area (Å²) in [6.45, 7) is 4.61. The summed E-state index contributed by atoms with van der Waals surface area (Å²) >= 11 is 0. The van der Waals surface area contributed by atoms with Gasteiger partial charge in [0.15, 0.2) is 0 Å². The molecule has 3 unspecified atom stereocenters. The van der Waals surface area contributed by atoms with Crippen LogP contribution in [0.5, 0.6) is 0 Å². The van der Waals surface area contributed by atoms with Crippen LogP contribution < -0.4 is 5.73 Å². The van der Waals surface area contributed by atoms with Gasteiger partial charge in [-0.2, -0.15) is 0 Å². The number of rotatable bonds is 3. The zero-order valence-electron chi connectivity index (χ0n) is 7.84. The van der Waals surface area contributed by atoms with Crippen molar-refractivity contribution in [3.8, 4) is 0 Å². The van der Waals surface area contributed by atoms with Crippen LogP contribution in [-0.2, 0) is 0 Å². The average Bonchev–Trinajstić information content (AvgIpc) is 2.37. The molecule has 2 N–H and O–H groups in total. The van der Waals surface area contributed by atoms with E-state index in [-0.39, 0.29) is 0 Å². The Labute approximate surface area is 70.4 Å². The maximum atomic E-state index is 5.98. The average molecular weight is 155 g/mol. The molecule has 0 heterocycles. The van der Waals surface area contributed by atoms with Crippen LogP contribution in [0, 0.1) is 11.8 Å². The molecular weight excluding hydrogens is 134 g/mol. The fourth-order valence-corrected chi connectivity index (χ4v) is 2.04. The molecule has 11 heavy (non-hydrogen) atoms. The van der Waals surface area contributed by atoms with Crippen molar-refractivity contribution in [3.63, 3.8) is 0 Å². The lowest BCUT2D eigenvalue weighted by atomic mass is 9.91. The molecule has 0 aromatic carbocycles. The molecule has 0 saturated heterocycles. The molecule has 1 nitrogen and oxygen atoms in total. The van der Waals surface area contributed by atoms with Crippen LogP contribution >= 0.6 is 0 Å². The van der Waals surface area contributed by atoms with Crippen molar-refractivity contribution in [2.45, 2.75) is 52.0 Å². The number of hydrogen-bond donors (Lipinski definition) is 1. The lowest BCUT2D eigenvalue weighted by Gasteiger charge is -2.18. The van der Waals surface area contributed by atoms with Gasteiger partial charge in [-0.1, -0.05) is 26.7 Å². The Morgan fingerprint density at radius 2 is 2.18 bits per heavy atom. The molecule has 66 valence electrons. The first-order valence-electron chi connectivity index (χ1n) is 4.99. The van der Waals surface area contributed by atoms with Crippen molar-refractivity contribution in [1.29, 1.82) is 0 Å². The monoisotopic (exact) mass is 155 g/mol. The first-order valence-corrected chi connectivity index (χ1v) is 4.99. The Morgan fingerprint density at radius 1 is 1.45 bits per heavy atom. The highest BCUT2D eigenvalue weighted by molar-refractivity contribution is 4.80. The highest BCUT2D eigenvalue weighted by atomic mass is 14.7. The Bertz CT molecular complexity index is 111. The van der Waals surface area contributed by atoms with Gasteiger partial charge >= 0.3 is 0 Å². The molecular formula is C10H21N. The standard InChI is InChI=1S/C10H21N/c1-3-8(2)7-9-5-4-6-10(9)11/h8-10H,3-7,11H2,1-2H3. The van der Waals surface area contributed by atoms with Crippen molar-refractivity contribution >= 4 is 0 Å². The molecule has 0 aliphatic heterocycles. The maximum absolute atomic E-state index is 5.98. The van der Waals surface area contributed by atoms with Gasteiger partial charge in [0.1, 0.15) is 0 Å². The molecule has 0 bridgehead atoms. The summed E-state index contributed by atoms with van der Waals surface area (Å²) in [5.74, 6) is 1.72. The van der Waals surface area contributed by atoms with Crippen molar-refractivity contribution in [1.82, 2.24) is 0 Å². The fraction of sp³-hybridized carbons (Fsp3) is 1.00. The van der Waals surface area contributed by atoms with Crippen LogP contribution in [0.4, 0.5) is 0 Å². The second-order valence-electron chi connectivity index (χ2n) is 4.10. The van der Waals surface area contributed by atoms with E-state index < -0.39 is 0 Å². The highest BCUT2D eigenvalue weighted by Gasteiger charge is 2.24. The summed E-state index contributed by atoms with van der Waals surface area (Å²) in [6, 6.07) is 0.518. The van der Waals surface area contributed by atoms with E-state index in [1.807, 2.05) is 0 Å². The van der Waals surface area contributed by atoms with E-state index in [1.165, 1.54) is 32.1 Å². The Hall–Kier alpha value is -0.0400. The summed E-state index contributed by atoms with van der Waals surface area (Å²) in [5, 5.41) is 0. The van der Waals surface area contributed by atoms with Crippen molar-refractivity contribution in [2.75, 3.05) is 0 Å². The molecule has 1 heteroatoms. The minimum atomic E-state index is 0.518. The molecule has 0 amide bonds. The van der Waals surface area contributed by atoms with Crippen molar-refractivity contribution < 1.29 is 0 Å². The Morgan fingerprint density at radius 3 is 2.64 bits per heavy atom. The third-order valence-corrected chi connectivity index (χ3v) is 3.12. The Kier molecular flexibility index (Phi) is 3.38. The Balaban J connectivity index is 2.24. The van der Waals surface area contributed by atoms with Gasteiger partial charge in [0.25, 0.3) is 0 Å². The molecule has 3 atom stereocenters. The van der Waals surface area contributed by atoms with Crippen molar-refractivity contribution in [2.24, 2.45) is 17.6 Å². The third-order valence-electron chi connectivity index (χ3n) is 3.12. The predicted octanol–water partition coefficient (Wildman–Crippen LogP) is 2.55. The molecule has 1 rings (SSSR count). The van der Waals surface area contributed by atoms with E-state index >= 15 is 0 Å². The minimum Gasteiger partial charge on any atom is -0.327 e. The molecule has 0 aromatic rings. The van der Waals surface area contributed by atoms with Crippen LogP contribution in [0.2, 0.25) is 0 Å². The van der Waals surface area contributed by atoms with Crippen LogP contribution in [0.15, 0.2) is 0 Å². The molecule has 0 spiro atoms. The molecule has 1 saturated carbocycles. The van der Waals surface area contributed by atoms with Crippen LogP contribution in [0.1, 0.15) is 46.0 Å². The van der Waals surface area contributed by atoms with Gasteiger partial charge in [0, 0.05) is 6.04 Å². The molecule has 1 aliphatic carbocycles. The smallest absolute Gasteiger partial charge is 0.00672 e. The van der Waals surface area contributed by atoms with Gasteiger partial charge in [0.05, 0.1) is 0 Å². The topological polar surface area (TPSA) is 26.0 Å². The molecule has 1 aliphatic rings. The van der Waals surface area contributed by atoms with Gasteiger partial charge in [-0.05, 0) is 31.1 Å². The lowest BCUT2D eigenvalue weighted by Crippen LogP contribution is -2.25. The van der Waals surface area contributed by atoms with Gasteiger partial charge < -0.3 is 5.73 Å². The summed E-state index contributed by atoms with van der Waals surface area (Å²) in [6.07, 6.45) is 6.68. The number of nitrogens with two attached hydrogens (primary N) is 1. The minimum absolute atomic E-state index is 0.518. The van der Waals surface area contributed by atoms with Crippen molar-refractivity contribution in [3.05, 3.63) is 0 Å². The molecule has 0 radical (unpaired) electrons. The van der Waals surface area contributed by atoms with E-state index in [1.54, 1.807) is 0 Å². The van der Waals surface area contributed by atoms with Gasteiger partial charge in [0.2, 0.25) is 0 Å². The number of hydrogen-bond acceptors (Lipinski definition) is 1. The van der Waals surface area contributed by atoms with Crippen LogP contribution in [0.25, 0.3) is 0 Å². The van der Waals surface area contributed by atoms with E-state index in [4.69, 9.17) is 5.73 Å². The van der Waals surface area contributed by atoms with Crippen LogP contribution in [0.3, 0.4) is 0 Å². The van der Waals surface area contributed by atoms with Gasteiger partial charge in [-0.3, -0.25) is 0 Å². The SMILES string of the molecule is CCC(C)CC1CCCC1N. The summed E-state index contributed by atoms with van der Waals surface area (Å²) in [5.41, 5.74) is 5.98. The summed E-state index contributed by atoms with van der Waals surface area (Å²) in [7, 11) is 0. The first-order chi connectivity index (χ1) is 5.24. The van der Waals surface area contributed by atoms with E-state index in [0.717, 1.165) is 11.8 Å².